The molecule has 31 heavy (non-hydrogen) atoms. The van der Waals surface area contributed by atoms with Gasteiger partial charge >= 0.3 is 0 Å². The lowest BCUT2D eigenvalue weighted by Gasteiger charge is -2.39. The molecular weight excluding hydrogens is 416 g/mol. The molecule has 168 valence electrons. The van der Waals surface area contributed by atoms with Crippen LogP contribution in [0.1, 0.15) is 44.4 Å². The lowest BCUT2D eigenvalue weighted by atomic mass is 9.89. The maximum absolute atomic E-state index is 13.2. The van der Waals surface area contributed by atoms with Gasteiger partial charge in [-0.25, -0.2) is 8.42 Å². The minimum absolute atomic E-state index is 0.345. The Morgan fingerprint density at radius 3 is 2.58 bits per heavy atom. The number of methoxy groups -OCH3 is 1. The fourth-order valence-corrected chi connectivity index (χ4v) is 5.12. The molecule has 0 aliphatic carbocycles. The standard InChI is InChI=1S/C23H30N2O5S/c1-15-8-7-9-17(12-15)25(31(6,27)28)16(2)22(26)24-20-14-23(3,4)30-21-11-10-18(29-5)13-19(20)21/h7-13,16,20H,14H2,1-6H3,(H,24,26)/t16-,20-/m0/s1. The van der Waals surface area contributed by atoms with Gasteiger partial charge in [0.05, 0.1) is 25.1 Å². The van der Waals surface area contributed by atoms with Gasteiger partial charge < -0.3 is 14.8 Å². The summed E-state index contributed by atoms with van der Waals surface area (Å²) >= 11 is 0. The van der Waals surface area contributed by atoms with Crippen molar-refractivity contribution in [2.24, 2.45) is 0 Å². The first-order valence-electron chi connectivity index (χ1n) is 10.1. The van der Waals surface area contributed by atoms with Crippen molar-refractivity contribution < 1.29 is 22.7 Å². The topological polar surface area (TPSA) is 84.9 Å². The summed E-state index contributed by atoms with van der Waals surface area (Å²) in [5.74, 6) is 0.948. The van der Waals surface area contributed by atoms with Crippen LogP contribution in [0.5, 0.6) is 11.5 Å². The van der Waals surface area contributed by atoms with E-state index in [0.717, 1.165) is 21.7 Å². The highest BCUT2D eigenvalue weighted by Crippen LogP contribution is 2.41. The van der Waals surface area contributed by atoms with Crippen molar-refractivity contribution in [1.29, 1.82) is 0 Å². The van der Waals surface area contributed by atoms with Crippen molar-refractivity contribution in [3.8, 4) is 11.5 Å². The number of hydrogen-bond acceptors (Lipinski definition) is 5. The molecule has 1 heterocycles. The Labute approximate surface area is 184 Å². The van der Waals surface area contributed by atoms with Gasteiger partial charge in [0.25, 0.3) is 0 Å². The van der Waals surface area contributed by atoms with E-state index in [4.69, 9.17) is 9.47 Å². The van der Waals surface area contributed by atoms with E-state index in [0.29, 0.717) is 23.6 Å². The molecule has 2 aromatic carbocycles. The number of anilines is 1. The molecule has 8 heteroatoms. The molecule has 7 nitrogen and oxygen atoms in total. The van der Waals surface area contributed by atoms with Crippen LogP contribution in [-0.2, 0) is 14.8 Å². The average molecular weight is 447 g/mol. The van der Waals surface area contributed by atoms with Crippen molar-refractivity contribution in [3.05, 3.63) is 53.6 Å². The van der Waals surface area contributed by atoms with Crippen LogP contribution in [0.15, 0.2) is 42.5 Å². The van der Waals surface area contributed by atoms with Crippen LogP contribution < -0.4 is 19.1 Å². The van der Waals surface area contributed by atoms with Crippen LogP contribution in [0.3, 0.4) is 0 Å². The molecule has 0 unspecified atom stereocenters. The van der Waals surface area contributed by atoms with E-state index >= 15 is 0 Å². The molecular formula is C23H30N2O5S. The van der Waals surface area contributed by atoms with Gasteiger partial charge in [-0.15, -0.1) is 0 Å². The minimum Gasteiger partial charge on any atom is -0.497 e. The third-order valence-corrected chi connectivity index (χ3v) is 6.58. The van der Waals surface area contributed by atoms with Gasteiger partial charge in [-0.1, -0.05) is 12.1 Å². The maximum Gasteiger partial charge on any atom is 0.244 e. The van der Waals surface area contributed by atoms with Gasteiger partial charge in [0, 0.05) is 12.0 Å². The number of hydrogen-bond donors (Lipinski definition) is 1. The molecule has 1 aliphatic heterocycles. The molecule has 0 spiro atoms. The molecule has 2 atom stereocenters. The van der Waals surface area contributed by atoms with Crippen molar-refractivity contribution in [3.63, 3.8) is 0 Å². The van der Waals surface area contributed by atoms with Gasteiger partial charge in [0.2, 0.25) is 15.9 Å². The first kappa shape index (κ1) is 22.9. The summed E-state index contributed by atoms with van der Waals surface area (Å²) < 4.78 is 37.7. The summed E-state index contributed by atoms with van der Waals surface area (Å²) in [7, 11) is -2.11. The van der Waals surface area contributed by atoms with Crippen LogP contribution in [0.2, 0.25) is 0 Å². The molecule has 1 N–H and O–H groups in total. The van der Waals surface area contributed by atoms with Gasteiger partial charge in [-0.05, 0) is 63.6 Å². The van der Waals surface area contributed by atoms with Crippen LogP contribution in [0, 0.1) is 6.92 Å². The molecule has 3 rings (SSSR count). The second-order valence-electron chi connectivity index (χ2n) is 8.60. The number of ether oxygens (including phenoxy) is 2. The number of amides is 1. The number of carbonyl (C=O) groups excluding carboxylic acids is 1. The van der Waals surface area contributed by atoms with Crippen LogP contribution in [0.4, 0.5) is 5.69 Å². The van der Waals surface area contributed by atoms with E-state index in [1.807, 2.05) is 45.0 Å². The zero-order chi connectivity index (χ0) is 23.0. The number of carbonyl (C=O) groups is 1. The number of benzene rings is 2. The predicted octanol–water partition coefficient (Wildman–Crippen LogP) is 3.58. The molecule has 2 aromatic rings. The highest BCUT2D eigenvalue weighted by molar-refractivity contribution is 7.92. The Hall–Kier alpha value is -2.74. The van der Waals surface area contributed by atoms with E-state index in [-0.39, 0.29) is 11.9 Å². The Morgan fingerprint density at radius 1 is 1.26 bits per heavy atom. The van der Waals surface area contributed by atoms with Gasteiger partial charge in [0.1, 0.15) is 23.1 Å². The van der Waals surface area contributed by atoms with Crippen molar-refractivity contribution >= 4 is 21.6 Å². The second kappa shape index (κ2) is 8.42. The molecule has 0 bridgehead atoms. The SMILES string of the molecule is COc1ccc2c(c1)[C@@H](NC(=O)[C@H](C)N(c1cccc(C)c1)S(C)(=O)=O)CC(C)(C)O2. The highest BCUT2D eigenvalue weighted by atomic mass is 32.2. The Kier molecular flexibility index (Phi) is 6.23. The quantitative estimate of drug-likeness (QED) is 0.733. The van der Waals surface area contributed by atoms with Crippen molar-refractivity contribution in [1.82, 2.24) is 5.32 Å². The molecule has 0 saturated heterocycles. The summed E-state index contributed by atoms with van der Waals surface area (Å²) in [5, 5.41) is 3.04. The molecule has 0 saturated carbocycles. The Bertz CT molecular complexity index is 1080. The molecule has 0 aromatic heterocycles. The Balaban J connectivity index is 1.92. The summed E-state index contributed by atoms with van der Waals surface area (Å²) in [6.45, 7) is 7.38. The number of nitrogens with zero attached hydrogens (tertiary/aromatic N) is 1. The van der Waals surface area contributed by atoms with Crippen LogP contribution in [-0.4, -0.2) is 39.3 Å². The zero-order valence-electron chi connectivity index (χ0n) is 18.8. The Morgan fingerprint density at radius 2 is 1.97 bits per heavy atom. The number of sulfonamides is 1. The highest BCUT2D eigenvalue weighted by Gasteiger charge is 2.37. The largest absolute Gasteiger partial charge is 0.497 e. The molecule has 0 radical (unpaired) electrons. The second-order valence-corrected chi connectivity index (χ2v) is 10.5. The third-order valence-electron chi connectivity index (χ3n) is 5.34. The van der Waals surface area contributed by atoms with E-state index in [2.05, 4.69) is 5.32 Å². The number of rotatable bonds is 6. The monoisotopic (exact) mass is 446 g/mol. The van der Waals surface area contributed by atoms with Crippen LogP contribution >= 0.6 is 0 Å². The van der Waals surface area contributed by atoms with E-state index in [1.54, 1.807) is 32.2 Å². The van der Waals surface area contributed by atoms with E-state index in [1.165, 1.54) is 0 Å². The van der Waals surface area contributed by atoms with Gasteiger partial charge in [0.15, 0.2) is 0 Å². The summed E-state index contributed by atoms with van der Waals surface area (Å²) in [5.41, 5.74) is 1.68. The molecule has 0 fully saturated rings. The van der Waals surface area contributed by atoms with E-state index < -0.39 is 21.7 Å². The third kappa shape index (κ3) is 5.12. The first-order valence-corrected chi connectivity index (χ1v) is 12.0. The van der Waals surface area contributed by atoms with Gasteiger partial charge in [-0.3, -0.25) is 9.10 Å². The number of fused-ring (bicyclic) bond motifs is 1. The normalized spacial score (nSPS) is 18.3. The predicted molar refractivity (Wildman–Crippen MR) is 121 cm³/mol. The summed E-state index contributed by atoms with van der Waals surface area (Å²) in [4.78, 5) is 13.2. The summed E-state index contributed by atoms with van der Waals surface area (Å²) in [6, 6.07) is 11.3. The number of aryl methyl sites for hydroxylation is 1. The lowest BCUT2D eigenvalue weighted by Crippen LogP contribution is -2.50. The fourth-order valence-electron chi connectivity index (χ4n) is 3.95. The molecule has 1 amide bonds. The van der Waals surface area contributed by atoms with Gasteiger partial charge in [-0.2, -0.15) is 0 Å². The average Bonchev–Trinajstić information content (AvgIpc) is 2.66. The van der Waals surface area contributed by atoms with Crippen molar-refractivity contribution in [2.75, 3.05) is 17.7 Å². The summed E-state index contributed by atoms with van der Waals surface area (Å²) in [6.07, 6.45) is 1.64. The van der Waals surface area contributed by atoms with Crippen LogP contribution in [0.25, 0.3) is 0 Å². The first-order chi connectivity index (χ1) is 14.4. The lowest BCUT2D eigenvalue weighted by molar-refractivity contribution is -0.123. The van der Waals surface area contributed by atoms with E-state index in [9.17, 15) is 13.2 Å². The minimum atomic E-state index is -3.69. The fraction of sp³-hybridized carbons (Fsp3) is 0.435. The van der Waals surface area contributed by atoms with Crippen molar-refractivity contribution in [2.45, 2.75) is 51.8 Å². The smallest absolute Gasteiger partial charge is 0.244 e. The molecule has 1 aliphatic rings. The number of nitrogens with one attached hydrogen (secondary N) is 1. The zero-order valence-corrected chi connectivity index (χ0v) is 19.6. The maximum atomic E-state index is 13.2.